The molecule has 0 bridgehead atoms. The quantitative estimate of drug-likeness (QED) is 0.458. The Balaban J connectivity index is 0.000001000. The number of aliphatic hydroxyl groups is 1. The monoisotopic (exact) mass is 329 g/mol. The van der Waals surface area contributed by atoms with Crippen molar-refractivity contribution in [2.45, 2.75) is 6.61 Å². The Morgan fingerprint density at radius 3 is 2.64 bits per heavy atom. The topological polar surface area (TPSA) is 24.1 Å². The van der Waals surface area contributed by atoms with Crippen molar-refractivity contribution in [3.63, 3.8) is 0 Å². The molecule has 0 atom stereocenters. The van der Waals surface area contributed by atoms with Gasteiger partial charge in [-0.25, -0.2) is 4.57 Å². The zero-order valence-electron chi connectivity index (χ0n) is 6.09. The molecule has 0 aliphatic heterocycles. The first-order valence-electron chi connectivity index (χ1n) is 2.99. The third kappa shape index (κ3) is 2.68. The van der Waals surface area contributed by atoms with Gasteiger partial charge in [-0.15, -0.1) is 0 Å². The van der Waals surface area contributed by atoms with Gasteiger partial charge in [0, 0.05) is 6.07 Å². The predicted octanol–water partition coefficient (Wildman–Crippen LogP) is -2.23. The van der Waals surface area contributed by atoms with Crippen molar-refractivity contribution in [1.82, 2.24) is 0 Å². The molecule has 1 heterocycles. The molecule has 0 radical (unpaired) electrons. The second-order valence-electron chi connectivity index (χ2n) is 2.07. The van der Waals surface area contributed by atoms with Crippen molar-refractivity contribution >= 4 is 15.9 Å². The predicted molar refractivity (Wildman–Crippen MR) is 41.2 cm³/mol. The van der Waals surface area contributed by atoms with Crippen LogP contribution in [0.3, 0.4) is 0 Å². The van der Waals surface area contributed by atoms with Crippen LogP contribution in [0.25, 0.3) is 0 Å². The van der Waals surface area contributed by atoms with Crippen LogP contribution in [0.4, 0.5) is 0 Å². The Labute approximate surface area is 91.4 Å². The van der Waals surface area contributed by atoms with Crippen LogP contribution < -0.4 is 28.5 Å². The van der Waals surface area contributed by atoms with Crippen molar-refractivity contribution in [2.24, 2.45) is 7.05 Å². The Bertz CT molecular complexity index is 222. The molecular formula is C7H9BrINO. The van der Waals surface area contributed by atoms with E-state index in [4.69, 9.17) is 5.11 Å². The molecule has 1 aromatic rings. The van der Waals surface area contributed by atoms with Gasteiger partial charge in [0.1, 0.15) is 13.7 Å². The molecule has 62 valence electrons. The van der Waals surface area contributed by atoms with Crippen molar-refractivity contribution in [3.8, 4) is 0 Å². The fourth-order valence-electron chi connectivity index (χ4n) is 0.798. The lowest BCUT2D eigenvalue weighted by Crippen LogP contribution is -3.00. The molecule has 0 amide bonds. The van der Waals surface area contributed by atoms with Crippen LogP contribution in [-0.2, 0) is 13.7 Å². The Hall–Kier alpha value is 0.320. The lowest BCUT2D eigenvalue weighted by molar-refractivity contribution is -0.681. The molecule has 0 saturated heterocycles. The zero-order valence-corrected chi connectivity index (χ0v) is 9.83. The molecule has 0 unspecified atom stereocenters. The SMILES string of the molecule is C[n+]1cccc(Br)c1CO.[I-]. The molecule has 4 heteroatoms. The second-order valence-corrected chi connectivity index (χ2v) is 2.93. The van der Waals surface area contributed by atoms with Crippen LogP contribution >= 0.6 is 15.9 Å². The van der Waals surface area contributed by atoms with Crippen molar-refractivity contribution in [1.29, 1.82) is 0 Å². The Kier molecular flexibility index (Phi) is 5.20. The minimum atomic E-state index is 0. The summed E-state index contributed by atoms with van der Waals surface area (Å²) in [5, 5.41) is 8.85. The molecule has 2 nitrogen and oxygen atoms in total. The van der Waals surface area contributed by atoms with Crippen LogP contribution in [0.5, 0.6) is 0 Å². The van der Waals surface area contributed by atoms with Crippen molar-refractivity contribution in [3.05, 3.63) is 28.5 Å². The van der Waals surface area contributed by atoms with E-state index < -0.39 is 0 Å². The van der Waals surface area contributed by atoms with E-state index in [0.717, 1.165) is 10.2 Å². The molecule has 0 aliphatic rings. The smallest absolute Gasteiger partial charge is 0.221 e. The molecule has 1 aromatic heterocycles. The number of aryl methyl sites for hydroxylation is 1. The van der Waals surface area contributed by atoms with E-state index in [2.05, 4.69) is 15.9 Å². The van der Waals surface area contributed by atoms with Gasteiger partial charge in [0.05, 0.1) is 4.47 Å². The Morgan fingerprint density at radius 2 is 2.27 bits per heavy atom. The molecule has 0 fully saturated rings. The average Bonchev–Trinajstić information content (AvgIpc) is 1.88. The maximum absolute atomic E-state index is 8.85. The molecule has 0 aromatic carbocycles. The van der Waals surface area contributed by atoms with E-state index >= 15 is 0 Å². The fraction of sp³-hybridized carbons (Fsp3) is 0.286. The highest BCUT2D eigenvalue weighted by Crippen LogP contribution is 2.10. The first-order valence-corrected chi connectivity index (χ1v) is 3.79. The summed E-state index contributed by atoms with van der Waals surface area (Å²) in [6.07, 6.45) is 1.90. The van der Waals surface area contributed by atoms with E-state index in [1.807, 2.05) is 29.9 Å². The van der Waals surface area contributed by atoms with Gasteiger partial charge in [0.15, 0.2) is 6.20 Å². The molecule has 0 aliphatic carbocycles. The van der Waals surface area contributed by atoms with Gasteiger partial charge >= 0.3 is 0 Å². The van der Waals surface area contributed by atoms with Gasteiger partial charge in [-0.2, -0.15) is 0 Å². The van der Waals surface area contributed by atoms with Crippen LogP contribution in [-0.4, -0.2) is 5.11 Å². The summed E-state index contributed by atoms with van der Waals surface area (Å²) in [7, 11) is 1.90. The molecular weight excluding hydrogens is 321 g/mol. The third-order valence-electron chi connectivity index (χ3n) is 1.40. The summed E-state index contributed by atoms with van der Waals surface area (Å²) < 4.78 is 2.82. The highest BCUT2D eigenvalue weighted by molar-refractivity contribution is 9.10. The largest absolute Gasteiger partial charge is 1.00 e. The van der Waals surface area contributed by atoms with Gasteiger partial charge in [-0.1, -0.05) is 0 Å². The highest BCUT2D eigenvalue weighted by atomic mass is 127. The van der Waals surface area contributed by atoms with Gasteiger partial charge < -0.3 is 29.1 Å². The normalized spacial score (nSPS) is 9.00. The van der Waals surface area contributed by atoms with E-state index in [1.54, 1.807) is 0 Å². The van der Waals surface area contributed by atoms with E-state index in [1.165, 1.54) is 0 Å². The first kappa shape index (κ1) is 11.3. The molecule has 0 saturated carbocycles. The number of aliphatic hydroxyl groups excluding tert-OH is 1. The van der Waals surface area contributed by atoms with Crippen LogP contribution in [0.2, 0.25) is 0 Å². The molecule has 0 spiro atoms. The number of pyridine rings is 1. The van der Waals surface area contributed by atoms with Gasteiger partial charge in [0.25, 0.3) is 0 Å². The first-order chi connectivity index (χ1) is 4.75. The van der Waals surface area contributed by atoms with E-state index in [-0.39, 0.29) is 30.6 Å². The standard InChI is InChI=1S/C7H9BrNO.HI/c1-9-4-2-3-6(8)7(9)5-10;/h2-4,10H,5H2,1H3;1H/q+1;/p-1. The van der Waals surface area contributed by atoms with E-state index in [9.17, 15) is 0 Å². The number of rotatable bonds is 1. The number of hydrogen-bond donors (Lipinski definition) is 1. The average molecular weight is 330 g/mol. The van der Waals surface area contributed by atoms with Crippen LogP contribution in [0.15, 0.2) is 22.8 Å². The molecule has 1 rings (SSSR count). The highest BCUT2D eigenvalue weighted by Gasteiger charge is 2.07. The van der Waals surface area contributed by atoms with Crippen molar-refractivity contribution < 1.29 is 33.7 Å². The second kappa shape index (κ2) is 5.05. The van der Waals surface area contributed by atoms with Crippen molar-refractivity contribution in [2.75, 3.05) is 0 Å². The van der Waals surface area contributed by atoms with Gasteiger partial charge in [0.2, 0.25) is 5.69 Å². The maximum atomic E-state index is 8.85. The van der Waals surface area contributed by atoms with Crippen LogP contribution in [0.1, 0.15) is 5.69 Å². The maximum Gasteiger partial charge on any atom is 0.221 e. The number of halogens is 2. The van der Waals surface area contributed by atoms with Gasteiger partial charge in [-0.05, 0) is 22.0 Å². The summed E-state index contributed by atoms with van der Waals surface area (Å²) in [4.78, 5) is 0. The summed E-state index contributed by atoms with van der Waals surface area (Å²) >= 11 is 3.33. The Morgan fingerprint density at radius 1 is 1.64 bits per heavy atom. The third-order valence-corrected chi connectivity index (χ3v) is 2.13. The molecule has 11 heavy (non-hydrogen) atoms. The van der Waals surface area contributed by atoms with E-state index in [0.29, 0.717) is 0 Å². The number of hydrogen-bond acceptors (Lipinski definition) is 1. The zero-order chi connectivity index (χ0) is 7.56. The lowest BCUT2D eigenvalue weighted by Gasteiger charge is -1.96. The lowest BCUT2D eigenvalue weighted by atomic mass is 10.3. The minimum Gasteiger partial charge on any atom is -1.00 e. The fourth-order valence-corrected chi connectivity index (χ4v) is 1.36. The summed E-state index contributed by atoms with van der Waals surface area (Å²) in [6, 6.07) is 3.83. The summed E-state index contributed by atoms with van der Waals surface area (Å²) in [5.41, 5.74) is 0.891. The van der Waals surface area contributed by atoms with Crippen LogP contribution in [0, 0.1) is 0 Å². The minimum absolute atomic E-state index is 0. The summed E-state index contributed by atoms with van der Waals surface area (Å²) in [5.74, 6) is 0. The summed E-state index contributed by atoms with van der Waals surface area (Å²) in [6.45, 7) is 0.0674. The van der Waals surface area contributed by atoms with Gasteiger partial charge in [-0.3, -0.25) is 0 Å². The number of aromatic nitrogens is 1. The number of nitrogens with zero attached hydrogens (tertiary/aromatic N) is 1. The molecule has 1 N–H and O–H groups in total.